The van der Waals surface area contributed by atoms with E-state index in [2.05, 4.69) is 27.4 Å². The van der Waals surface area contributed by atoms with Gasteiger partial charge in [-0.1, -0.05) is 11.3 Å². The minimum Gasteiger partial charge on any atom is -0.494 e. The van der Waals surface area contributed by atoms with Crippen molar-refractivity contribution >= 4 is 49.8 Å². The van der Waals surface area contributed by atoms with Crippen molar-refractivity contribution in [2.75, 3.05) is 12.8 Å². The first-order valence-corrected chi connectivity index (χ1v) is 5.29. The highest BCUT2D eigenvalue weighted by Gasteiger charge is 2.08. The molecule has 0 saturated carbocycles. The fraction of sp³-hybridized carbons (Fsp3) is 0.111. The molecule has 0 bridgehead atoms. The first-order chi connectivity index (χ1) is 7.24. The molecular weight excluding hydrogens is 230 g/mol. The lowest BCUT2D eigenvalue weighted by molar-refractivity contribution is 0.419. The minimum atomic E-state index is 0.506. The normalized spacial score (nSPS) is 9.93. The fourth-order valence-electron chi connectivity index (χ4n) is 1.27. The molecule has 1 aromatic carbocycles. The lowest BCUT2D eigenvalue weighted by Crippen LogP contribution is -1.85. The highest BCUT2D eigenvalue weighted by Crippen LogP contribution is 2.35. The molecule has 76 valence electrons. The SMILES string of the molecule is COc1cc(N=C=S)cc2sc(N)nc12. The van der Waals surface area contributed by atoms with Gasteiger partial charge in [-0.3, -0.25) is 0 Å². The maximum Gasteiger partial charge on any atom is 0.181 e. The van der Waals surface area contributed by atoms with E-state index in [1.807, 2.05) is 6.07 Å². The molecular formula is C9H7N3OS2. The summed E-state index contributed by atoms with van der Waals surface area (Å²) < 4.78 is 6.12. The molecule has 0 aliphatic carbocycles. The van der Waals surface area contributed by atoms with Gasteiger partial charge < -0.3 is 10.5 Å². The van der Waals surface area contributed by atoms with Crippen LogP contribution in [0.4, 0.5) is 10.8 Å². The second-order valence-corrected chi connectivity index (χ2v) is 3.99. The Morgan fingerprint density at radius 1 is 1.60 bits per heavy atom. The lowest BCUT2D eigenvalue weighted by Gasteiger charge is -2.00. The summed E-state index contributed by atoms with van der Waals surface area (Å²) in [5, 5.41) is 2.82. The monoisotopic (exact) mass is 237 g/mol. The molecule has 0 spiro atoms. The zero-order chi connectivity index (χ0) is 10.8. The zero-order valence-corrected chi connectivity index (χ0v) is 9.48. The first kappa shape index (κ1) is 10.0. The largest absolute Gasteiger partial charge is 0.494 e. The number of ether oxygens (including phenoxy) is 1. The number of hydrogen-bond acceptors (Lipinski definition) is 6. The quantitative estimate of drug-likeness (QED) is 0.644. The molecule has 0 atom stereocenters. The standard InChI is InChI=1S/C9H7N3OS2/c1-13-6-2-5(11-4-14)3-7-8(6)12-9(10)15-7/h2-3H,1H3,(H2,10,12). The number of thiocarbonyl (C=S) groups is 1. The predicted octanol–water partition coefficient (Wildman–Crippen LogP) is 2.62. The summed E-state index contributed by atoms with van der Waals surface area (Å²) in [6.07, 6.45) is 0. The number of anilines is 1. The van der Waals surface area contributed by atoms with Crippen LogP contribution >= 0.6 is 23.6 Å². The van der Waals surface area contributed by atoms with Crippen LogP contribution in [0.1, 0.15) is 0 Å². The Bertz CT molecular complexity index is 558. The number of benzene rings is 1. The van der Waals surface area contributed by atoms with Gasteiger partial charge in [-0.25, -0.2) is 4.98 Å². The molecule has 1 heterocycles. The Hall–Kier alpha value is -1.49. The Morgan fingerprint density at radius 2 is 2.40 bits per heavy atom. The molecule has 0 radical (unpaired) electrons. The van der Waals surface area contributed by atoms with Crippen molar-refractivity contribution in [1.82, 2.24) is 4.98 Å². The third kappa shape index (κ3) is 1.83. The van der Waals surface area contributed by atoms with Crippen molar-refractivity contribution in [2.24, 2.45) is 4.99 Å². The Balaban J connectivity index is 2.75. The van der Waals surface area contributed by atoms with E-state index in [0.717, 1.165) is 10.2 Å². The van der Waals surface area contributed by atoms with Crippen LogP contribution in [-0.4, -0.2) is 17.3 Å². The van der Waals surface area contributed by atoms with Crippen molar-refractivity contribution in [1.29, 1.82) is 0 Å². The fourth-order valence-corrected chi connectivity index (χ4v) is 2.17. The third-order valence-electron chi connectivity index (χ3n) is 1.86. The van der Waals surface area contributed by atoms with Crippen molar-refractivity contribution < 1.29 is 4.74 Å². The smallest absolute Gasteiger partial charge is 0.181 e. The molecule has 0 aliphatic heterocycles. The second kappa shape index (κ2) is 3.94. The van der Waals surface area contributed by atoms with E-state index in [-0.39, 0.29) is 0 Å². The molecule has 4 nitrogen and oxygen atoms in total. The third-order valence-corrected chi connectivity index (χ3v) is 2.78. The molecule has 0 fully saturated rings. The van der Waals surface area contributed by atoms with Gasteiger partial charge in [-0.05, 0) is 18.3 Å². The highest BCUT2D eigenvalue weighted by atomic mass is 32.1. The number of nitrogen functional groups attached to an aromatic ring is 1. The van der Waals surface area contributed by atoms with Crippen molar-refractivity contribution in [3.05, 3.63) is 12.1 Å². The molecule has 6 heteroatoms. The van der Waals surface area contributed by atoms with Crippen molar-refractivity contribution in [2.45, 2.75) is 0 Å². The van der Waals surface area contributed by atoms with Crippen LogP contribution in [-0.2, 0) is 0 Å². The van der Waals surface area contributed by atoms with Gasteiger partial charge in [0, 0.05) is 6.07 Å². The average molecular weight is 237 g/mol. The number of methoxy groups -OCH3 is 1. The molecule has 15 heavy (non-hydrogen) atoms. The van der Waals surface area contributed by atoms with Gasteiger partial charge >= 0.3 is 0 Å². The van der Waals surface area contributed by atoms with E-state index in [9.17, 15) is 0 Å². The number of rotatable bonds is 2. The molecule has 0 amide bonds. The Morgan fingerprint density at radius 3 is 3.07 bits per heavy atom. The summed E-state index contributed by atoms with van der Waals surface area (Å²) in [5.74, 6) is 0.643. The number of aromatic nitrogens is 1. The van der Waals surface area contributed by atoms with Crippen LogP contribution in [0.2, 0.25) is 0 Å². The van der Waals surface area contributed by atoms with Gasteiger partial charge in [-0.2, -0.15) is 4.99 Å². The molecule has 2 aromatic rings. The minimum absolute atomic E-state index is 0.506. The average Bonchev–Trinajstić information content (AvgIpc) is 2.57. The van der Waals surface area contributed by atoms with E-state index in [4.69, 9.17) is 10.5 Å². The number of fused-ring (bicyclic) bond motifs is 1. The topological polar surface area (TPSA) is 60.5 Å². The lowest BCUT2D eigenvalue weighted by atomic mass is 10.3. The summed E-state index contributed by atoms with van der Waals surface area (Å²) in [4.78, 5) is 8.07. The van der Waals surface area contributed by atoms with Gasteiger partial charge in [-0.15, -0.1) is 0 Å². The van der Waals surface area contributed by atoms with E-state index < -0.39 is 0 Å². The molecule has 0 saturated heterocycles. The number of nitrogens with zero attached hydrogens (tertiary/aromatic N) is 2. The summed E-state index contributed by atoms with van der Waals surface area (Å²) in [6, 6.07) is 3.60. The second-order valence-electron chi connectivity index (χ2n) is 2.75. The number of nitrogens with two attached hydrogens (primary N) is 1. The maximum absolute atomic E-state index is 5.62. The molecule has 0 unspecified atom stereocenters. The van der Waals surface area contributed by atoms with Crippen LogP contribution in [0.3, 0.4) is 0 Å². The van der Waals surface area contributed by atoms with Gasteiger partial charge in [0.1, 0.15) is 11.3 Å². The van der Waals surface area contributed by atoms with Crippen LogP contribution in [0, 0.1) is 0 Å². The maximum atomic E-state index is 5.62. The predicted molar refractivity (Wildman–Crippen MR) is 65.3 cm³/mol. The van der Waals surface area contributed by atoms with Crippen LogP contribution in [0.15, 0.2) is 17.1 Å². The summed E-state index contributed by atoms with van der Waals surface area (Å²) in [6.45, 7) is 0. The van der Waals surface area contributed by atoms with Gasteiger partial charge in [0.05, 0.1) is 22.7 Å². The number of isothiocyanates is 1. The van der Waals surface area contributed by atoms with Crippen molar-refractivity contribution in [3.63, 3.8) is 0 Å². The van der Waals surface area contributed by atoms with Gasteiger partial charge in [0.15, 0.2) is 5.13 Å². The Kier molecular flexibility index (Phi) is 2.64. The van der Waals surface area contributed by atoms with E-state index >= 15 is 0 Å². The summed E-state index contributed by atoms with van der Waals surface area (Å²) in [7, 11) is 1.58. The number of thiazole rings is 1. The Labute approximate surface area is 95.4 Å². The molecule has 2 N–H and O–H groups in total. The number of hydrogen-bond donors (Lipinski definition) is 1. The number of aliphatic imine (C=N–C) groups is 1. The van der Waals surface area contributed by atoms with E-state index in [1.165, 1.54) is 11.3 Å². The van der Waals surface area contributed by atoms with Crippen molar-refractivity contribution in [3.8, 4) is 5.75 Å². The highest BCUT2D eigenvalue weighted by molar-refractivity contribution is 7.78. The first-order valence-electron chi connectivity index (χ1n) is 4.06. The van der Waals surface area contributed by atoms with Gasteiger partial charge in [0.2, 0.25) is 0 Å². The summed E-state index contributed by atoms with van der Waals surface area (Å²) in [5.41, 5.74) is 7.07. The van der Waals surface area contributed by atoms with Gasteiger partial charge in [0.25, 0.3) is 0 Å². The summed E-state index contributed by atoms with van der Waals surface area (Å²) >= 11 is 5.93. The zero-order valence-electron chi connectivity index (χ0n) is 7.85. The van der Waals surface area contributed by atoms with Crippen LogP contribution < -0.4 is 10.5 Å². The van der Waals surface area contributed by atoms with E-state index in [0.29, 0.717) is 16.6 Å². The van der Waals surface area contributed by atoms with E-state index in [1.54, 1.807) is 13.2 Å². The van der Waals surface area contributed by atoms with Crippen LogP contribution in [0.25, 0.3) is 10.2 Å². The molecule has 0 aliphatic rings. The molecule has 2 rings (SSSR count). The van der Waals surface area contributed by atoms with Crippen LogP contribution in [0.5, 0.6) is 5.75 Å². The molecule has 1 aromatic heterocycles.